The number of methoxy groups -OCH3 is 1. The highest BCUT2D eigenvalue weighted by Gasteiger charge is 2.07. The molecule has 0 N–H and O–H groups in total. The van der Waals surface area contributed by atoms with E-state index in [2.05, 4.69) is 20.7 Å². The number of ether oxygens (including phenoxy) is 1. The lowest BCUT2D eigenvalue weighted by Gasteiger charge is -2.07. The summed E-state index contributed by atoms with van der Waals surface area (Å²) < 4.78 is 4.26. The highest BCUT2D eigenvalue weighted by Crippen LogP contribution is 2.16. The van der Waals surface area contributed by atoms with E-state index in [1.54, 1.807) is 6.08 Å². The number of hydrogen-bond donors (Lipinski definition) is 0. The first-order chi connectivity index (χ1) is 4.45. The molecule has 0 heterocycles. The molecule has 0 atom stereocenters. The van der Waals surface area contributed by atoms with E-state index in [1.165, 1.54) is 13.2 Å². The lowest BCUT2D eigenvalue weighted by atomic mass is 10.2. The van der Waals surface area contributed by atoms with Crippen molar-refractivity contribution in [2.75, 3.05) is 7.11 Å². The van der Waals surface area contributed by atoms with E-state index >= 15 is 0 Å². The molecule has 2 nitrogen and oxygen atoms in total. The van der Waals surface area contributed by atoms with Crippen LogP contribution >= 0.6 is 15.9 Å². The Morgan fingerprint density at radius 1 is 1.60 bits per heavy atom. The molecule has 0 saturated heterocycles. The van der Waals surface area contributed by atoms with E-state index in [0.29, 0.717) is 0 Å². The van der Waals surface area contributed by atoms with Crippen LogP contribution in [0.3, 0.4) is 0 Å². The summed E-state index contributed by atoms with van der Waals surface area (Å²) >= 11 is 3.34. The van der Waals surface area contributed by atoms with Crippen LogP contribution in [0.4, 0.5) is 0 Å². The van der Waals surface area contributed by atoms with Crippen LogP contribution in [0.2, 0.25) is 0 Å². The average Bonchev–Trinajstić information content (AvgIpc) is 1.81. The zero-order chi connectivity index (χ0) is 8.20. The van der Waals surface area contributed by atoms with Crippen LogP contribution in [-0.2, 0) is 9.53 Å². The van der Waals surface area contributed by atoms with Crippen LogP contribution in [0.25, 0.3) is 0 Å². The Labute approximate surface area is 69.4 Å². The Kier molecular flexibility index (Phi) is 3.64. The Morgan fingerprint density at radius 2 is 2.10 bits per heavy atom. The topological polar surface area (TPSA) is 26.3 Å². The highest BCUT2D eigenvalue weighted by atomic mass is 79.9. The van der Waals surface area contributed by atoms with Crippen molar-refractivity contribution in [1.82, 2.24) is 0 Å². The fraction of sp³-hybridized carbons (Fsp3) is 0.571. The number of esters is 1. The largest absolute Gasteiger partial charge is 0.466 e. The van der Waals surface area contributed by atoms with Crippen molar-refractivity contribution in [3.8, 4) is 0 Å². The third-order valence-electron chi connectivity index (χ3n) is 0.817. The second-order valence-electron chi connectivity index (χ2n) is 2.42. The second kappa shape index (κ2) is 3.76. The van der Waals surface area contributed by atoms with Gasteiger partial charge in [0.1, 0.15) is 0 Å². The lowest BCUT2D eigenvalue weighted by Crippen LogP contribution is -2.05. The summed E-state index contributed by atoms with van der Waals surface area (Å²) in [5, 5.41) is 0. The molecule has 0 amide bonds. The monoisotopic (exact) mass is 206 g/mol. The molecule has 0 aromatic heterocycles. The van der Waals surface area contributed by atoms with Crippen LogP contribution in [0, 0.1) is 0 Å². The van der Waals surface area contributed by atoms with Gasteiger partial charge >= 0.3 is 5.97 Å². The fourth-order valence-corrected chi connectivity index (χ4v) is 0.466. The SMILES string of the molecule is COC(=O)/C=C/C(C)(C)Br. The molecular weight excluding hydrogens is 196 g/mol. The van der Waals surface area contributed by atoms with Crippen molar-refractivity contribution in [2.45, 2.75) is 18.2 Å². The summed E-state index contributed by atoms with van der Waals surface area (Å²) in [7, 11) is 1.36. The highest BCUT2D eigenvalue weighted by molar-refractivity contribution is 9.10. The minimum atomic E-state index is -0.326. The van der Waals surface area contributed by atoms with Gasteiger partial charge in [-0.05, 0) is 13.8 Å². The summed E-state index contributed by atoms with van der Waals surface area (Å²) in [6.07, 6.45) is 3.13. The van der Waals surface area contributed by atoms with Crippen molar-refractivity contribution in [3.05, 3.63) is 12.2 Å². The van der Waals surface area contributed by atoms with Gasteiger partial charge in [0.05, 0.1) is 7.11 Å². The Bertz CT molecular complexity index is 144. The second-order valence-corrected chi connectivity index (χ2v) is 4.46. The van der Waals surface area contributed by atoms with Crippen molar-refractivity contribution in [3.63, 3.8) is 0 Å². The number of carbonyl (C=O) groups excluding carboxylic acids is 1. The zero-order valence-corrected chi connectivity index (χ0v) is 7.94. The normalized spacial score (nSPS) is 12.0. The maximum Gasteiger partial charge on any atom is 0.330 e. The molecule has 0 rings (SSSR count). The van der Waals surface area contributed by atoms with Gasteiger partial charge in [0.2, 0.25) is 0 Å². The van der Waals surface area contributed by atoms with Crippen LogP contribution in [-0.4, -0.2) is 17.4 Å². The standard InChI is InChI=1S/C7H11BrO2/c1-7(2,8)5-4-6(9)10-3/h4-5H,1-3H3/b5-4+. The molecule has 58 valence electrons. The predicted molar refractivity (Wildman–Crippen MR) is 44.2 cm³/mol. The first-order valence-corrected chi connectivity index (χ1v) is 3.71. The van der Waals surface area contributed by atoms with E-state index in [4.69, 9.17) is 0 Å². The van der Waals surface area contributed by atoms with E-state index in [1.807, 2.05) is 13.8 Å². The number of carbonyl (C=O) groups is 1. The molecular formula is C7H11BrO2. The average molecular weight is 207 g/mol. The number of alkyl halides is 1. The molecule has 0 saturated carbocycles. The third kappa shape index (κ3) is 5.82. The van der Waals surface area contributed by atoms with Crippen molar-refractivity contribution in [2.24, 2.45) is 0 Å². The molecule has 0 unspecified atom stereocenters. The summed E-state index contributed by atoms with van der Waals surface area (Å²) in [4.78, 5) is 10.5. The first-order valence-electron chi connectivity index (χ1n) is 2.92. The lowest BCUT2D eigenvalue weighted by molar-refractivity contribution is -0.134. The van der Waals surface area contributed by atoms with E-state index in [0.717, 1.165) is 0 Å². The van der Waals surface area contributed by atoms with Crippen molar-refractivity contribution in [1.29, 1.82) is 0 Å². The number of hydrogen-bond acceptors (Lipinski definition) is 2. The minimum Gasteiger partial charge on any atom is -0.466 e. The predicted octanol–water partition coefficient (Wildman–Crippen LogP) is 1.89. The third-order valence-corrected chi connectivity index (χ3v) is 1.08. The van der Waals surface area contributed by atoms with Crippen molar-refractivity contribution < 1.29 is 9.53 Å². The maximum absolute atomic E-state index is 10.5. The molecule has 0 aromatic carbocycles. The summed E-state index contributed by atoms with van der Waals surface area (Å²) in [5.41, 5.74) is 0. The van der Waals surface area contributed by atoms with Gasteiger partial charge in [-0.2, -0.15) is 0 Å². The molecule has 0 aromatic rings. The summed E-state index contributed by atoms with van der Waals surface area (Å²) in [5.74, 6) is -0.326. The van der Waals surface area contributed by atoms with Crippen LogP contribution in [0.15, 0.2) is 12.2 Å². The van der Waals surface area contributed by atoms with Crippen LogP contribution < -0.4 is 0 Å². The Balaban J connectivity index is 3.88. The summed E-state index contributed by atoms with van der Waals surface area (Å²) in [6, 6.07) is 0. The van der Waals surface area contributed by atoms with Gasteiger partial charge in [-0.1, -0.05) is 22.0 Å². The van der Waals surface area contributed by atoms with Crippen LogP contribution in [0.1, 0.15) is 13.8 Å². The molecule has 10 heavy (non-hydrogen) atoms. The van der Waals surface area contributed by atoms with Gasteiger partial charge in [0.25, 0.3) is 0 Å². The van der Waals surface area contributed by atoms with Gasteiger partial charge in [0.15, 0.2) is 0 Å². The van der Waals surface area contributed by atoms with Gasteiger partial charge in [0, 0.05) is 10.4 Å². The smallest absolute Gasteiger partial charge is 0.330 e. The number of rotatable bonds is 2. The molecule has 0 aliphatic rings. The van der Waals surface area contributed by atoms with E-state index in [-0.39, 0.29) is 10.3 Å². The Morgan fingerprint density at radius 3 is 2.40 bits per heavy atom. The quantitative estimate of drug-likeness (QED) is 0.392. The van der Waals surface area contributed by atoms with E-state index < -0.39 is 0 Å². The van der Waals surface area contributed by atoms with E-state index in [9.17, 15) is 4.79 Å². The maximum atomic E-state index is 10.5. The number of allylic oxidation sites excluding steroid dienone is 1. The van der Waals surface area contributed by atoms with Gasteiger partial charge in [-0.3, -0.25) is 0 Å². The molecule has 0 bridgehead atoms. The van der Waals surface area contributed by atoms with Gasteiger partial charge < -0.3 is 4.74 Å². The molecule has 3 heteroatoms. The number of halogens is 1. The minimum absolute atomic E-state index is 0.138. The van der Waals surface area contributed by atoms with Crippen LogP contribution in [0.5, 0.6) is 0 Å². The fourth-order valence-electron chi connectivity index (χ4n) is 0.334. The molecule has 0 spiro atoms. The van der Waals surface area contributed by atoms with Crippen molar-refractivity contribution >= 4 is 21.9 Å². The molecule has 0 fully saturated rings. The molecule has 0 radical (unpaired) electrons. The van der Waals surface area contributed by atoms with Gasteiger partial charge in [-0.15, -0.1) is 0 Å². The van der Waals surface area contributed by atoms with Gasteiger partial charge in [-0.25, -0.2) is 4.79 Å². The Hall–Kier alpha value is -0.310. The molecule has 0 aliphatic carbocycles. The summed E-state index contributed by atoms with van der Waals surface area (Å²) in [6.45, 7) is 3.87. The molecule has 0 aliphatic heterocycles. The first kappa shape index (κ1) is 9.69. The zero-order valence-electron chi connectivity index (χ0n) is 6.35.